The zero-order valence-electron chi connectivity index (χ0n) is 11.5. The first-order chi connectivity index (χ1) is 9.90. The van der Waals surface area contributed by atoms with Crippen LogP contribution in [0, 0.1) is 24.0 Å². The third-order valence-corrected chi connectivity index (χ3v) is 4.03. The average molecular weight is 371 g/mol. The molecule has 0 fully saturated rings. The molecule has 0 radical (unpaired) electrons. The van der Waals surface area contributed by atoms with Crippen LogP contribution in [0.3, 0.4) is 0 Å². The minimum Gasteiger partial charge on any atom is -0.378 e. The Morgan fingerprint density at radius 3 is 2.76 bits per heavy atom. The maximum Gasteiger partial charge on any atom is 0.278 e. The highest BCUT2D eigenvalue weighted by molar-refractivity contribution is 9.10. The van der Waals surface area contributed by atoms with Gasteiger partial charge < -0.3 is 5.32 Å². The van der Waals surface area contributed by atoms with E-state index in [-0.39, 0.29) is 10.6 Å². The Bertz CT molecular complexity index is 707. The summed E-state index contributed by atoms with van der Waals surface area (Å²) in [5.74, 6) is 0. The van der Waals surface area contributed by atoms with Crippen LogP contribution in [0.5, 0.6) is 0 Å². The second-order valence-electron chi connectivity index (χ2n) is 4.60. The minimum atomic E-state index is -0.367. The van der Waals surface area contributed by atoms with Gasteiger partial charge in [-0.15, -0.1) is 0 Å². The Labute approximate surface area is 135 Å². The summed E-state index contributed by atoms with van der Waals surface area (Å²) in [5, 5.41) is 14.9. The summed E-state index contributed by atoms with van der Waals surface area (Å²) in [6.07, 6.45) is 1.53. The molecular weight excluding hydrogens is 358 g/mol. The fraction of sp³-hybridized carbons (Fsp3) is 0.214. The zero-order valence-corrected chi connectivity index (χ0v) is 13.8. The molecule has 0 amide bonds. The third-order valence-electron chi connectivity index (χ3n) is 3.14. The lowest BCUT2D eigenvalue weighted by atomic mass is 10.1. The van der Waals surface area contributed by atoms with Gasteiger partial charge in [-0.3, -0.25) is 15.1 Å². The molecule has 7 heteroatoms. The number of rotatable bonds is 4. The third kappa shape index (κ3) is 3.51. The second kappa shape index (κ2) is 6.41. The number of aromatic nitrogens is 1. The highest BCUT2D eigenvalue weighted by atomic mass is 79.9. The van der Waals surface area contributed by atoms with Crippen molar-refractivity contribution in [3.63, 3.8) is 0 Å². The van der Waals surface area contributed by atoms with Gasteiger partial charge in [-0.2, -0.15) is 0 Å². The number of nitrogens with zero attached hydrogens (tertiary/aromatic N) is 2. The maximum absolute atomic E-state index is 11.1. The van der Waals surface area contributed by atoms with Gasteiger partial charge in [0.25, 0.3) is 5.69 Å². The van der Waals surface area contributed by atoms with Crippen molar-refractivity contribution in [1.29, 1.82) is 0 Å². The molecule has 110 valence electrons. The maximum atomic E-state index is 11.1. The number of hydrogen-bond donors (Lipinski definition) is 1. The first-order valence-corrected chi connectivity index (χ1v) is 7.35. The zero-order chi connectivity index (χ0) is 15.6. The van der Waals surface area contributed by atoms with E-state index in [0.717, 1.165) is 10.2 Å². The van der Waals surface area contributed by atoms with Crippen molar-refractivity contribution in [1.82, 2.24) is 4.98 Å². The molecule has 21 heavy (non-hydrogen) atoms. The van der Waals surface area contributed by atoms with E-state index in [4.69, 9.17) is 11.6 Å². The fourth-order valence-electron chi connectivity index (χ4n) is 2.04. The van der Waals surface area contributed by atoms with Crippen LogP contribution in [0.15, 0.2) is 28.9 Å². The van der Waals surface area contributed by atoms with E-state index >= 15 is 0 Å². The Kier molecular flexibility index (Phi) is 4.80. The molecule has 0 saturated heterocycles. The fourth-order valence-corrected chi connectivity index (χ4v) is 2.86. The largest absolute Gasteiger partial charge is 0.378 e. The number of benzene rings is 1. The van der Waals surface area contributed by atoms with Crippen LogP contribution < -0.4 is 5.32 Å². The topological polar surface area (TPSA) is 68.1 Å². The van der Waals surface area contributed by atoms with Crippen molar-refractivity contribution in [3.8, 4) is 0 Å². The molecule has 0 unspecified atom stereocenters. The van der Waals surface area contributed by atoms with Crippen LogP contribution in [0.4, 0.5) is 11.4 Å². The van der Waals surface area contributed by atoms with Crippen LogP contribution >= 0.6 is 27.5 Å². The molecule has 2 rings (SSSR count). The summed E-state index contributed by atoms with van der Waals surface area (Å²) in [5.41, 5.74) is 2.77. The molecule has 0 bridgehead atoms. The quantitative estimate of drug-likeness (QED) is 0.629. The van der Waals surface area contributed by atoms with E-state index in [1.54, 1.807) is 26.0 Å². The van der Waals surface area contributed by atoms with Gasteiger partial charge in [-0.1, -0.05) is 11.6 Å². The van der Waals surface area contributed by atoms with Gasteiger partial charge in [-0.05, 0) is 48.0 Å². The Morgan fingerprint density at radius 1 is 1.43 bits per heavy atom. The predicted octanol–water partition coefficient (Wildman–Crippen LogP) is 4.63. The summed E-state index contributed by atoms with van der Waals surface area (Å²) in [4.78, 5) is 15.0. The first-order valence-electron chi connectivity index (χ1n) is 6.18. The van der Waals surface area contributed by atoms with E-state index in [1.807, 2.05) is 6.07 Å². The standard InChI is InChI=1S/C14H13BrClN3O2/c1-8-6-17-13(9(2)14(8)19(20)21)7-18-12-4-3-10(16)5-11(12)15/h3-6,18H,7H2,1-2H3. The van der Waals surface area contributed by atoms with Gasteiger partial charge >= 0.3 is 0 Å². The Balaban J connectivity index is 2.24. The van der Waals surface area contributed by atoms with Crippen molar-refractivity contribution in [2.24, 2.45) is 0 Å². The lowest BCUT2D eigenvalue weighted by molar-refractivity contribution is -0.386. The molecule has 0 saturated carbocycles. The van der Waals surface area contributed by atoms with Crippen molar-refractivity contribution < 1.29 is 4.92 Å². The van der Waals surface area contributed by atoms with E-state index in [1.165, 1.54) is 6.20 Å². The second-order valence-corrected chi connectivity index (χ2v) is 5.89. The molecule has 1 aromatic carbocycles. The van der Waals surface area contributed by atoms with Gasteiger partial charge in [-0.25, -0.2) is 0 Å². The monoisotopic (exact) mass is 369 g/mol. The van der Waals surface area contributed by atoms with Crippen LogP contribution in [0.2, 0.25) is 5.02 Å². The molecule has 1 aromatic heterocycles. The number of anilines is 1. The smallest absolute Gasteiger partial charge is 0.278 e. The van der Waals surface area contributed by atoms with E-state index in [9.17, 15) is 10.1 Å². The number of nitrogens with one attached hydrogen (secondary N) is 1. The van der Waals surface area contributed by atoms with Crippen molar-refractivity contribution in [2.45, 2.75) is 20.4 Å². The normalized spacial score (nSPS) is 10.5. The Morgan fingerprint density at radius 2 is 2.14 bits per heavy atom. The predicted molar refractivity (Wildman–Crippen MR) is 86.8 cm³/mol. The Hall–Kier alpha value is -1.66. The van der Waals surface area contributed by atoms with Crippen molar-refractivity contribution in [3.05, 3.63) is 60.8 Å². The van der Waals surface area contributed by atoms with Crippen LogP contribution in [0.25, 0.3) is 0 Å². The summed E-state index contributed by atoms with van der Waals surface area (Å²) in [6.45, 7) is 3.80. The van der Waals surface area contributed by atoms with E-state index in [2.05, 4.69) is 26.2 Å². The van der Waals surface area contributed by atoms with Gasteiger partial charge in [0.2, 0.25) is 0 Å². The number of pyridine rings is 1. The molecule has 0 aliphatic heterocycles. The molecule has 1 heterocycles. The van der Waals surface area contributed by atoms with Gasteiger partial charge in [0.1, 0.15) is 0 Å². The number of nitro groups is 1. The first kappa shape index (κ1) is 15.7. The van der Waals surface area contributed by atoms with Gasteiger partial charge in [0.05, 0.1) is 22.7 Å². The highest BCUT2D eigenvalue weighted by Gasteiger charge is 2.18. The average Bonchev–Trinajstić information content (AvgIpc) is 2.39. The van der Waals surface area contributed by atoms with Crippen LogP contribution in [-0.4, -0.2) is 9.91 Å². The van der Waals surface area contributed by atoms with Crippen molar-refractivity contribution in [2.75, 3.05) is 5.32 Å². The lowest BCUT2D eigenvalue weighted by Gasteiger charge is -2.11. The minimum absolute atomic E-state index is 0.122. The van der Waals surface area contributed by atoms with E-state index in [0.29, 0.717) is 28.4 Å². The number of halogens is 2. The van der Waals surface area contributed by atoms with Crippen LogP contribution in [-0.2, 0) is 6.54 Å². The van der Waals surface area contributed by atoms with Gasteiger partial charge in [0, 0.05) is 26.9 Å². The molecule has 1 N–H and O–H groups in total. The lowest BCUT2D eigenvalue weighted by Crippen LogP contribution is -2.07. The molecule has 5 nitrogen and oxygen atoms in total. The molecular formula is C14H13BrClN3O2. The van der Waals surface area contributed by atoms with Crippen LogP contribution in [0.1, 0.15) is 16.8 Å². The molecule has 0 spiro atoms. The molecule has 0 aliphatic rings. The highest BCUT2D eigenvalue weighted by Crippen LogP contribution is 2.28. The summed E-state index contributed by atoms with van der Waals surface area (Å²) in [7, 11) is 0. The van der Waals surface area contributed by atoms with Gasteiger partial charge in [0.15, 0.2) is 0 Å². The molecule has 2 aromatic rings. The molecule has 0 aliphatic carbocycles. The summed E-state index contributed by atoms with van der Waals surface area (Å²) < 4.78 is 0.828. The number of aryl methyl sites for hydroxylation is 1. The molecule has 0 atom stereocenters. The van der Waals surface area contributed by atoms with E-state index < -0.39 is 0 Å². The summed E-state index contributed by atoms with van der Waals surface area (Å²) in [6, 6.07) is 5.39. The number of hydrogen-bond acceptors (Lipinski definition) is 4. The van der Waals surface area contributed by atoms with Crippen molar-refractivity contribution >= 4 is 38.9 Å². The summed E-state index contributed by atoms with van der Waals surface area (Å²) >= 11 is 9.30. The SMILES string of the molecule is Cc1cnc(CNc2ccc(Cl)cc2Br)c(C)c1[N+](=O)[O-].